The summed E-state index contributed by atoms with van der Waals surface area (Å²) in [7, 11) is 0. The van der Waals surface area contributed by atoms with Gasteiger partial charge >= 0.3 is 6.36 Å². The highest BCUT2D eigenvalue weighted by molar-refractivity contribution is 6.12. The number of carbonyl (C=O) groups is 2. The summed E-state index contributed by atoms with van der Waals surface area (Å²) in [5.41, 5.74) is -0.184. The number of ether oxygens (including phenoxy) is 1. The number of aliphatic hydroxyl groups is 1. The van der Waals surface area contributed by atoms with Gasteiger partial charge in [-0.2, -0.15) is 0 Å². The van der Waals surface area contributed by atoms with Gasteiger partial charge in [-0.25, -0.2) is 0 Å². The SMILES string of the molecule is CCC1(N2C(=O)C(O)(CC(=O)c3ccc(OC(F)(F)F)cc3)c3ccccc32)CNc2ccccc21. The van der Waals surface area contributed by atoms with Crippen LogP contribution in [0.15, 0.2) is 72.8 Å². The van der Waals surface area contributed by atoms with E-state index in [1.807, 2.05) is 31.2 Å². The van der Waals surface area contributed by atoms with E-state index in [1.54, 1.807) is 29.2 Å². The number of nitrogens with zero attached hydrogens (tertiary/aromatic N) is 1. The van der Waals surface area contributed by atoms with Crippen molar-refractivity contribution in [2.24, 2.45) is 0 Å². The number of amides is 1. The van der Waals surface area contributed by atoms with Crippen molar-refractivity contribution in [2.75, 3.05) is 16.8 Å². The fraction of sp³-hybridized carbons (Fsp3) is 0.259. The zero-order chi connectivity index (χ0) is 25.7. The Kier molecular flexibility index (Phi) is 5.55. The van der Waals surface area contributed by atoms with Crippen LogP contribution < -0.4 is 15.0 Å². The molecule has 1 amide bonds. The molecule has 9 heteroatoms. The molecule has 186 valence electrons. The maximum Gasteiger partial charge on any atom is 0.573 e. The van der Waals surface area contributed by atoms with Crippen LogP contribution >= 0.6 is 0 Å². The topological polar surface area (TPSA) is 78.9 Å². The van der Waals surface area contributed by atoms with Crippen LogP contribution in [0, 0.1) is 0 Å². The van der Waals surface area contributed by atoms with Crippen molar-refractivity contribution in [3.05, 3.63) is 89.5 Å². The molecule has 2 aliphatic heterocycles. The Morgan fingerprint density at radius 2 is 1.67 bits per heavy atom. The summed E-state index contributed by atoms with van der Waals surface area (Å²) in [6.45, 7) is 2.40. The van der Waals surface area contributed by atoms with Crippen LogP contribution in [0.25, 0.3) is 0 Å². The zero-order valence-electron chi connectivity index (χ0n) is 19.3. The lowest BCUT2D eigenvalue weighted by atomic mass is 9.86. The van der Waals surface area contributed by atoms with Crippen molar-refractivity contribution in [3.63, 3.8) is 0 Å². The van der Waals surface area contributed by atoms with Crippen LogP contribution in [-0.2, 0) is 15.9 Å². The van der Waals surface area contributed by atoms with Crippen LogP contribution in [0.1, 0.15) is 41.3 Å². The molecule has 2 N–H and O–H groups in total. The molecule has 36 heavy (non-hydrogen) atoms. The maximum atomic E-state index is 14.0. The third-order valence-electron chi connectivity index (χ3n) is 6.99. The molecule has 0 saturated heterocycles. The number of benzene rings is 3. The van der Waals surface area contributed by atoms with E-state index < -0.39 is 41.4 Å². The van der Waals surface area contributed by atoms with E-state index in [0.717, 1.165) is 23.4 Å². The van der Waals surface area contributed by atoms with Crippen LogP contribution in [0.4, 0.5) is 24.5 Å². The van der Waals surface area contributed by atoms with Crippen molar-refractivity contribution in [1.29, 1.82) is 0 Å². The van der Waals surface area contributed by atoms with Crippen molar-refractivity contribution < 1.29 is 32.6 Å². The molecular weight excluding hydrogens is 473 g/mol. The van der Waals surface area contributed by atoms with E-state index in [1.165, 1.54) is 12.1 Å². The summed E-state index contributed by atoms with van der Waals surface area (Å²) in [6, 6.07) is 18.9. The molecule has 6 nitrogen and oxygen atoms in total. The summed E-state index contributed by atoms with van der Waals surface area (Å²) in [6.07, 6.45) is -4.86. The van der Waals surface area contributed by atoms with Gasteiger partial charge in [-0.3, -0.25) is 14.5 Å². The normalized spacial score (nSPS) is 22.7. The minimum Gasteiger partial charge on any atom is -0.406 e. The molecule has 0 bridgehead atoms. The van der Waals surface area contributed by atoms with Gasteiger partial charge in [-0.15, -0.1) is 13.2 Å². The van der Waals surface area contributed by atoms with Gasteiger partial charge in [0.1, 0.15) is 5.75 Å². The Bertz CT molecular complexity index is 1340. The Labute approximate surface area is 205 Å². The highest BCUT2D eigenvalue weighted by atomic mass is 19.4. The number of hydrogen-bond donors (Lipinski definition) is 2. The van der Waals surface area contributed by atoms with E-state index in [9.17, 15) is 27.9 Å². The molecule has 3 aromatic rings. The lowest BCUT2D eigenvalue weighted by Crippen LogP contribution is -2.53. The zero-order valence-corrected chi connectivity index (χ0v) is 19.3. The van der Waals surface area contributed by atoms with Gasteiger partial charge in [-0.05, 0) is 42.8 Å². The largest absolute Gasteiger partial charge is 0.573 e. The Balaban J connectivity index is 1.50. The number of alkyl halides is 3. The Hall–Kier alpha value is -3.85. The molecule has 2 atom stereocenters. The molecule has 0 radical (unpaired) electrons. The monoisotopic (exact) mass is 496 g/mol. The lowest BCUT2D eigenvalue weighted by Gasteiger charge is -2.39. The minimum absolute atomic E-state index is 0.0553. The number of anilines is 2. The molecule has 3 aromatic carbocycles. The van der Waals surface area contributed by atoms with Crippen LogP contribution in [0.2, 0.25) is 0 Å². The summed E-state index contributed by atoms with van der Waals surface area (Å²) in [5, 5.41) is 15.1. The quantitative estimate of drug-likeness (QED) is 0.463. The molecule has 2 aliphatic rings. The highest BCUT2D eigenvalue weighted by Crippen LogP contribution is 2.52. The standard InChI is InChI=1S/C27H23F3N2O4/c1-2-25(16-31-21-9-5-3-7-19(21)25)32-22-10-6-4-8-20(22)26(35,24(32)34)15-23(33)17-11-13-18(14-12-17)36-27(28,29)30/h3-14,31,35H,2,15-16H2,1H3. The maximum absolute atomic E-state index is 14.0. The van der Waals surface area contributed by atoms with Gasteiger partial charge < -0.3 is 15.2 Å². The van der Waals surface area contributed by atoms with Crippen molar-refractivity contribution in [1.82, 2.24) is 0 Å². The van der Waals surface area contributed by atoms with Gasteiger partial charge in [0.2, 0.25) is 0 Å². The molecular formula is C27H23F3N2O4. The fourth-order valence-corrected chi connectivity index (χ4v) is 5.25. The van der Waals surface area contributed by atoms with Gasteiger partial charge in [0, 0.05) is 28.9 Å². The average Bonchev–Trinajstić information content (AvgIpc) is 3.33. The molecule has 0 spiro atoms. The fourth-order valence-electron chi connectivity index (χ4n) is 5.25. The smallest absolute Gasteiger partial charge is 0.406 e. The molecule has 5 rings (SSSR count). The number of hydrogen-bond acceptors (Lipinski definition) is 5. The highest BCUT2D eigenvalue weighted by Gasteiger charge is 2.58. The number of carbonyl (C=O) groups excluding carboxylic acids is 2. The number of halogens is 3. The Morgan fingerprint density at radius 1 is 1.03 bits per heavy atom. The number of fused-ring (bicyclic) bond motifs is 2. The van der Waals surface area contributed by atoms with Gasteiger partial charge in [0.15, 0.2) is 11.4 Å². The predicted octanol–water partition coefficient (Wildman–Crippen LogP) is 5.12. The number of para-hydroxylation sites is 2. The second-order valence-corrected chi connectivity index (χ2v) is 8.97. The third-order valence-corrected chi connectivity index (χ3v) is 6.99. The van der Waals surface area contributed by atoms with Crippen LogP contribution in [0.5, 0.6) is 5.75 Å². The van der Waals surface area contributed by atoms with Crippen LogP contribution in [0.3, 0.4) is 0 Å². The molecule has 2 unspecified atom stereocenters. The van der Waals surface area contributed by atoms with E-state index in [2.05, 4.69) is 10.1 Å². The van der Waals surface area contributed by atoms with Gasteiger partial charge in [0.25, 0.3) is 5.91 Å². The van der Waals surface area contributed by atoms with Crippen molar-refractivity contribution >= 4 is 23.1 Å². The van der Waals surface area contributed by atoms with E-state index in [-0.39, 0.29) is 5.56 Å². The molecule has 0 aliphatic carbocycles. The first kappa shape index (κ1) is 23.9. The summed E-state index contributed by atoms with van der Waals surface area (Å²) in [5.74, 6) is -1.67. The second-order valence-electron chi connectivity index (χ2n) is 8.97. The second kappa shape index (κ2) is 8.37. The summed E-state index contributed by atoms with van der Waals surface area (Å²) < 4.78 is 41.2. The Morgan fingerprint density at radius 3 is 2.33 bits per heavy atom. The predicted molar refractivity (Wildman–Crippen MR) is 127 cm³/mol. The third kappa shape index (κ3) is 3.71. The number of nitrogens with one attached hydrogen (secondary N) is 1. The molecule has 0 saturated carbocycles. The first-order valence-corrected chi connectivity index (χ1v) is 11.5. The first-order chi connectivity index (χ1) is 17.1. The number of Topliss-reactive ketones (excluding diaryl/α,β-unsaturated/α-hetero) is 1. The number of ketones is 1. The van der Waals surface area contributed by atoms with Gasteiger partial charge in [0.05, 0.1) is 17.6 Å². The van der Waals surface area contributed by atoms with Gasteiger partial charge in [-0.1, -0.05) is 43.3 Å². The van der Waals surface area contributed by atoms with Crippen molar-refractivity contribution in [2.45, 2.75) is 37.3 Å². The lowest BCUT2D eigenvalue weighted by molar-refractivity contribution is -0.274. The van der Waals surface area contributed by atoms with Crippen molar-refractivity contribution in [3.8, 4) is 5.75 Å². The molecule has 2 heterocycles. The van der Waals surface area contributed by atoms with E-state index in [0.29, 0.717) is 24.2 Å². The summed E-state index contributed by atoms with van der Waals surface area (Å²) in [4.78, 5) is 28.7. The summed E-state index contributed by atoms with van der Waals surface area (Å²) >= 11 is 0. The van der Waals surface area contributed by atoms with Crippen LogP contribution in [-0.4, -0.2) is 29.7 Å². The van der Waals surface area contributed by atoms with E-state index in [4.69, 9.17) is 0 Å². The molecule has 0 aromatic heterocycles. The minimum atomic E-state index is -4.85. The molecule has 0 fully saturated rings. The first-order valence-electron chi connectivity index (χ1n) is 11.5. The number of rotatable bonds is 6. The average molecular weight is 496 g/mol. The van der Waals surface area contributed by atoms with E-state index >= 15 is 0 Å².